The van der Waals surface area contributed by atoms with E-state index in [1.54, 1.807) is 6.20 Å². The smallest absolute Gasteiger partial charge is 0.258 e. The summed E-state index contributed by atoms with van der Waals surface area (Å²) in [6.45, 7) is 8.71. The van der Waals surface area contributed by atoms with E-state index in [2.05, 4.69) is 49.0 Å². The normalized spacial score (nSPS) is 13.2. The zero-order chi connectivity index (χ0) is 22.6. The van der Waals surface area contributed by atoms with E-state index in [0.29, 0.717) is 15.9 Å². The Labute approximate surface area is 190 Å². The van der Waals surface area contributed by atoms with Gasteiger partial charge in [0.05, 0.1) is 10.9 Å². The molecule has 3 N–H and O–H groups in total. The van der Waals surface area contributed by atoms with E-state index in [9.17, 15) is 4.79 Å². The second-order valence-corrected chi connectivity index (χ2v) is 9.82. The van der Waals surface area contributed by atoms with Gasteiger partial charge in [0.1, 0.15) is 5.82 Å². The van der Waals surface area contributed by atoms with Crippen LogP contribution in [0.1, 0.15) is 27.7 Å². The lowest BCUT2D eigenvalue weighted by Gasteiger charge is -2.29. The van der Waals surface area contributed by atoms with Gasteiger partial charge in [0, 0.05) is 56.3 Å². The van der Waals surface area contributed by atoms with Crippen LogP contribution in [0.4, 0.5) is 5.82 Å². The third kappa shape index (κ3) is 3.33. The molecule has 0 saturated heterocycles. The van der Waals surface area contributed by atoms with E-state index >= 15 is 0 Å². The van der Waals surface area contributed by atoms with Crippen molar-refractivity contribution in [1.82, 2.24) is 15.0 Å². The van der Waals surface area contributed by atoms with Gasteiger partial charge in [-0.15, -0.1) is 0 Å². The first-order valence-electron chi connectivity index (χ1n) is 10.7. The van der Waals surface area contributed by atoms with E-state index in [-0.39, 0.29) is 17.0 Å². The molecule has 3 aromatic heterocycles. The summed E-state index contributed by atoms with van der Waals surface area (Å²) in [6, 6.07) is 13.9. The second-order valence-electron chi connectivity index (χ2n) is 9.39. The number of benzene rings is 2. The average molecular weight is 445 g/mol. The highest BCUT2D eigenvalue weighted by Crippen LogP contribution is 2.37. The van der Waals surface area contributed by atoms with Crippen LogP contribution >= 0.6 is 11.6 Å². The fourth-order valence-corrected chi connectivity index (χ4v) is 4.19. The van der Waals surface area contributed by atoms with Gasteiger partial charge in [-0.3, -0.25) is 4.79 Å². The number of nitrogens with zero attached hydrogens (tertiary/aromatic N) is 1. The van der Waals surface area contributed by atoms with Crippen LogP contribution < -0.4 is 10.9 Å². The Morgan fingerprint density at radius 1 is 0.969 bits per heavy atom. The molecule has 0 fully saturated rings. The number of halogens is 1. The van der Waals surface area contributed by atoms with Crippen LogP contribution in [0, 0.1) is 5.41 Å². The van der Waals surface area contributed by atoms with Gasteiger partial charge in [-0.1, -0.05) is 50.6 Å². The Hall–Kier alpha value is -3.31. The van der Waals surface area contributed by atoms with Crippen molar-refractivity contribution in [3.63, 3.8) is 0 Å². The van der Waals surface area contributed by atoms with Gasteiger partial charge < -0.3 is 15.3 Å². The lowest BCUT2D eigenvalue weighted by atomic mass is 9.88. The predicted molar refractivity (Wildman–Crippen MR) is 135 cm³/mol. The molecule has 32 heavy (non-hydrogen) atoms. The molecule has 5 aromatic rings. The van der Waals surface area contributed by atoms with Gasteiger partial charge in [-0.25, -0.2) is 4.98 Å². The maximum Gasteiger partial charge on any atom is 0.258 e. The Balaban J connectivity index is 1.87. The maximum atomic E-state index is 13.0. The SMILES string of the molecule is CC(Nc1nc2c(-c3c[nH]c4ccccc34)c[nH]c(=O)c2c2cc(Cl)ccc12)C(C)(C)C. The number of para-hydroxylation sites is 1. The highest BCUT2D eigenvalue weighted by atomic mass is 35.5. The minimum absolute atomic E-state index is 0.0310. The first-order valence-corrected chi connectivity index (χ1v) is 11.1. The van der Waals surface area contributed by atoms with Crippen LogP contribution in [0.15, 0.2) is 59.7 Å². The van der Waals surface area contributed by atoms with Crippen LogP contribution in [0.25, 0.3) is 43.7 Å². The van der Waals surface area contributed by atoms with Crippen molar-refractivity contribution in [1.29, 1.82) is 0 Å². The quantitative estimate of drug-likeness (QED) is 0.270. The van der Waals surface area contributed by atoms with E-state index in [1.165, 1.54) is 0 Å². The predicted octanol–water partition coefficient (Wildman–Crippen LogP) is 6.72. The molecule has 0 radical (unpaired) electrons. The number of H-pyrrole nitrogens is 2. The van der Waals surface area contributed by atoms with Crippen LogP contribution in [0.5, 0.6) is 0 Å². The zero-order valence-electron chi connectivity index (χ0n) is 18.5. The molecule has 0 aliphatic heterocycles. The Morgan fingerprint density at radius 3 is 2.50 bits per heavy atom. The van der Waals surface area contributed by atoms with Gasteiger partial charge in [-0.2, -0.15) is 0 Å². The van der Waals surface area contributed by atoms with Crippen molar-refractivity contribution in [2.45, 2.75) is 33.7 Å². The standard InChI is InChI=1S/C26H25ClN4O/c1-14(26(2,3)4)30-24-17-10-9-15(27)11-18(17)22-23(31-24)20(13-29-25(22)32)19-12-28-21-8-6-5-7-16(19)21/h5-14,28H,1-4H3,(H,29,32)(H,30,31). The number of hydrogen-bond donors (Lipinski definition) is 3. The summed E-state index contributed by atoms with van der Waals surface area (Å²) < 4.78 is 0. The number of hydrogen-bond acceptors (Lipinski definition) is 3. The summed E-state index contributed by atoms with van der Waals surface area (Å²) in [6.07, 6.45) is 3.72. The fraction of sp³-hybridized carbons (Fsp3) is 0.231. The number of nitrogens with one attached hydrogen (secondary N) is 3. The third-order valence-electron chi connectivity index (χ3n) is 6.33. The summed E-state index contributed by atoms with van der Waals surface area (Å²) >= 11 is 6.36. The van der Waals surface area contributed by atoms with E-state index in [1.807, 2.05) is 42.6 Å². The molecular formula is C26H25ClN4O. The highest BCUT2D eigenvalue weighted by molar-refractivity contribution is 6.32. The minimum Gasteiger partial charge on any atom is -0.367 e. The largest absolute Gasteiger partial charge is 0.367 e. The molecule has 0 amide bonds. The number of aromatic nitrogens is 3. The van der Waals surface area contributed by atoms with Gasteiger partial charge in [0.2, 0.25) is 0 Å². The van der Waals surface area contributed by atoms with Crippen LogP contribution in [0.3, 0.4) is 0 Å². The van der Waals surface area contributed by atoms with Gasteiger partial charge in [0.15, 0.2) is 0 Å². The number of anilines is 1. The minimum atomic E-state index is -0.182. The number of pyridine rings is 2. The molecule has 1 atom stereocenters. The topological polar surface area (TPSA) is 73.6 Å². The van der Waals surface area contributed by atoms with Crippen LogP contribution in [0.2, 0.25) is 5.02 Å². The van der Waals surface area contributed by atoms with Crippen molar-refractivity contribution in [3.8, 4) is 11.1 Å². The first kappa shape index (κ1) is 20.6. The van der Waals surface area contributed by atoms with Crippen molar-refractivity contribution >= 4 is 50.0 Å². The lowest BCUT2D eigenvalue weighted by Crippen LogP contribution is -2.31. The summed E-state index contributed by atoms with van der Waals surface area (Å²) in [5, 5.41) is 7.45. The molecule has 1 unspecified atom stereocenters. The summed E-state index contributed by atoms with van der Waals surface area (Å²) in [5.41, 5.74) is 3.39. The zero-order valence-corrected chi connectivity index (χ0v) is 19.3. The highest BCUT2D eigenvalue weighted by Gasteiger charge is 2.23. The van der Waals surface area contributed by atoms with Gasteiger partial charge in [-0.05, 0) is 36.6 Å². The molecule has 162 valence electrons. The monoisotopic (exact) mass is 444 g/mol. The molecule has 6 heteroatoms. The maximum absolute atomic E-state index is 13.0. The molecule has 5 nitrogen and oxygen atoms in total. The summed E-state index contributed by atoms with van der Waals surface area (Å²) in [5.74, 6) is 0.748. The molecule has 2 aromatic carbocycles. The molecule has 5 rings (SSSR count). The molecule has 0 aliphatic rings. The number of aromatic amines is 2. The van der Waals surface area contributed by atoms with E-state index in [0.717, 1.165) is 38.6 Å². The Kier molecular flexibility index (Phi) is 4.75. The van der Waals surface area contributed by atoms with Crippen molar-refractivity contribution in [2.75, 3.05) is 5.32 Å². The lowest BCUT2D eigenvalue weighted by molar-refractivity contribution is 0.359. The third-order valence-corrected chi connectivity index (χ3v) is 6.56. The van der Waals surface area contributed by atoms with Crippen LogP contribution in [-0.2, 0) is 0 Å². The Bertz CT molecular complexity index is 1540. The van der Waals surface area contributed by atoms with Crippen molar-refractivity contribution in [2.24, 2.45) is 5.41 Å². The number of fused-ring (bicyclic) bond motifs is 4. The molecule has 0 aliphatic carbocycles. The Morgan fingerprint density at radius 2 is 1.72 bits per heavy atom. The van der Waals surface area contributed by atoms with Gasteiger partial charge >= 0.3 is 0 Å². The molecular weight excluding hydrogens is 420 g/mol. The molecule has 0 bridgehead atoms. The van der Waals surface area contributed by atoms with E-state index in [4.69, 9.17) is 16.6 Å². The average Bonchev–Trinajstić information content (AvgIpc) is 3.17. The molecule has 0 saturated carbocycles. The van der Waals surface area contributed by atoms with Gasteiger partial charge in [0.25, 0.3) is 5.56 Å². The first-order chi connectivity index (χ1) is 15.2. The second kappa shape index (κ2) is 7.38. The summed E-state index contributed by atoms with van der Waals surface area (Å²) in [4.78, 5) is 24.3. The molecule has 0 spiro atoms. The van der Waals surface area contributed by atoms with Crippen molar-refractivity contribution < 1.29 is 0 Å². The van der Waals surface area contributed by atoms with Crippen LogP contribution in [-0.4, -0.2) is 21.0 Å². The summed E-state index contributed by atoms with van der Waals surface area (Å²) in [7, 11) is 0. The van der Waals surface area contributed by atoms with E-state index < -0.39 is 0 Å². The molecule has 3 heterocycles. The van der Waals surface area contributed by atoms with Crippen molar-refractivity contribution in [3.05, 3.63) is 70.2 Å². The fourth-order valence-electron chi connectivity index (χ4n) is 4.02. The number of rotatable bonds is 3.